The molecule has 0 spiro atoms. The normalized spacial score (nSPS) is 15.0. The average Bonchev–Trinajstić information content (AvgIpc) is 2.52. The first-order valence-corrected chi connectivity index (χ1v) is 7.96. The van der Waals surface area contributed by atoms with Gasteiger partial charge in [-0.1, -0.05) is 0 Å². The minimum Gasteiger partial charge on any atom is -0.394 e. The lowest BCUT2D eigenvalue weighted by Gasteiger charge is -2.29. The molecule has 0 bridgehead atoms. The molecule has 2 unspecified atom stereocenters. The lowest BCUT2D eigenvalue weighted by molar-refractivity contribution is -0.0527. The van der Waals surface area contributed by atoms with Crippen molar-refractivity contribution in [3.8, 4) is 0 Å². The van der Waals surface area contributed by atoms with Crippen LogP contribution in [0.5, 0.6) is 0 Å². The molecule has 0 aromatic carbocycles. The lowest BCUT2D eigenvalue weighted by Crippen LogP contribution is -2.41. The van der Waals surface area contributed by atoms with Crippen LogP contribution in [0.3, 0.4) is 0 Å². The van der Waals surface area contributed by atoms with E-state index in [-0.39, 0.29) is 25.7 Å². The molecule has 0 aromatic rings. The molecule has 0 aliphatic carbocycles. The van der Waals surface area contributed by atoms with Gasteiger partial charge < -0.3 is 24.6 Å². The van der Waals surface area contributed by atoms with Crippen LogP contribution in [0.25, 0.3) is 0 Å². The van der Waals surface area contributed by atoms with E-state index in [0.717, 1.165) is 26.2 Å². The fourth-order valence-electron chi connectivity index (χ4n) is 1.83. The maximum Gasteiger partial charge on any atom is 0.107 e. The molecule has 0 saturated carbocycles. The van der Waals surface area contributed by atoms with Crippen molar-refractivity contribution in [3.63, 3.8) is 0 Å². The molecule has 0 rings (SSSR count). The molecule has 0 aromatic heterocycles. The molecule has 0 saturated heterocycles. The van der Waals surface area contributed by atoms with E-state index in [1.54, 1.807) is 0 Å². The largest absolute Gasteiger partial charge is 0.394 e. The van der Waals surface area contributed by atoms with Crippen LogP contribution in [-0.4, -0.2) is 111 Å². The molecule has 7 heteroatoms. The summed E-state index contributed by atoms with van der Waals surface area (Å²) < 4.78 is 10.9. The average molecular weight is 321 g/mol. The molecular formula is C15H35N3O4. The molecule has 2 atom stereocenters. The van der Waals surface area contributed by atoms with Crippen LogP contribution in [0.1, 0.15) is 13.8 Å². The standard InChI is InChI=1S/C15H35N3O4/c1-14(21-12-10-19)17(4)8-6-16(3)7-9-18(5)15(2)22-13-11-20/h14-15,19-20H,6-13H2,1-5H3. The second-order valence-electron chi connectivity index (χ2n) is 5.65. The van der Waals surface area contributed by atoms with Gasteiger partial charge in [0.05, 0.1) is 26.4 Å². The van der Waals surface area contributed by atoms with Crippen molar-refractivity contribution in [1.29, 1.82) is 0 Å². The lowest BCUT2D eigenvalue weighted by atomic mass is 10.4. The van der Waals surface area contributed by atoms with Gasteiger partial charge in [-0.05, 0) is 35.0 Å². The van der Waals surface area contributed by atoms with Crippen LogP contribution in [0, 0.1) is 0 Å². The Morgan fingerprint density at radius 1 is 0.727 bits per heavy atom. The van der Waals surface area contributed by atoms with E-state index in [0.29, 0.717) is 13.2 Å². The summed E-state index contributed by atoms with van der Waals surface area (Å²) in [6.07, 6.45) is 0.0188. The maximum absolute atomic E-state index is 8.76. The summed E-state index contributed by atoms with van der Waals surface area (Å²) in [5.41, 5.74) is 0. The highest BCUT2D eigenvalue weighted by atomic mass is 16.5. The minimum atomic E-state index is 0.00938. The topological polar surface area (TPSA) is 68.6 Å². The Balaban J connectivity index is 3.82. The van der Waals surface area contributed by atoms with Crippen molar-refractivity contribution in [1.82, 2.24) is 14.7 Å². The predicted octanol–water partition coefficient (Wildman–Crippen LogP) is -0.508. The van der Waals surface area contributed by atoms with Crippen LogP contribution >= 0.6 is 0 Å². The molecule has 2 N–H and O–H groups in total. The molecule has 0 aliphatic rings. The highest BCUT2D eigenvalue weighted by Gasteiger charge is 2.12. The van der Waals surface area contributed by atoms with Crippen molar-refractivity contribution >= 4 is 0 Å². The van der Waals surface area contributed by atoms with Gasteiger partial charge in [0.1, 0.15) is 12.5 Å². The van der Waals surface area contributed by atoms with E-state index in [9.17, 15) is 0 Å². The van der Waals surface area contributed by atoms with Crippen LogP contribution in [-0.2, 0) is 9.47 Å². The molecule has 22 heavy (non-hydrogen) atoms. The van der Waals surface area contributed by atoms with Gasteiger partial charge in [-0.15, -0.1) is 0 Å². The zero-order valence-corrected chi connectivity index (χ0v) is 14.9. The molecule has 134 valence electrons. The third kappa shape index (κ3) is 10.4. The Hall–Kier alpha value is -0.280. The van der Waals surface area contributed by atoms with E-state index in [2.05, 4.69) is 21.7 Å². The zero-order chi connectivity index (χ0) is 17.0. The third-order valence-corrected chi connectivity index (χ3v) is 3.81. The van der Waals surface area contributed by atoms with Gasteiger partial charge >= 0.3 is 0 Å². The maximum atomic E-state index is 8.76. The second-order valence-corrected chi connectivity index (χ2v) is 5.65. The number of likely N-dealkylation sites (N-methyl/N-ethyl adjacent to an activating group) is 3. The number of rotatable bonds is 14. The SMILES string of the molecule is CC(OCCO)N(C)CCN(C)CCN(C)C(C)OCCO. The Labute approximate surface area is 135 Å². The van der Waals surface area contributed by atoms with Crippen LogP contribution < -0.4 is 0 Å². The van der Waals surface area contributed by atoms with Crippen molar-refractivity contribution in [2.75, 3.05) is 73.7 Å². The third-order valence-electron chi connectivity index (χ3n) is 3.81. The summed E-state index contributed by atoms with van der Waals surface area (Å²) in [5.74, 6) is 0. The van der Waals surface area contributed by atoms with Crippen molar-refractivity contribution in [2.45, 2.75) is 26.3 Å². The first-order valence-electron chi connectivity index (χ1n) is 7.96. The summed E-state index contributed by atoms with van der Waals surface area (Å²) >= 11 is 0. The molecule has 7 nitrogen and oxygen atoms in total. The van der Waals surface area contributed by atoms with Gasteiger partial charge in [0.25, 0.3) is 0 Å². The number of aliphatic hydroxyl groups excluding tert-OH is 2. The highest BCUT2D eigenvalue weighted by Crippen LogP contribution is 2.00. The van der Waals surface area contributed by atoms with E-state index in [1.807, 2.05) is 27.9 Å². The second kappa shape index (κ2) is 13.2. The molecule has 0 radical (unpaired) electrons. The van der Waals surface area contributed by atoms with Gasteiger partial charge in [0.15, 0.2) is 0 Å². The number of nitrogens with zero attached hydrogens (tertiary/aromatic N) is 3. The van der Waals surface area contributed by atoms with E-state index >= 15 is 0 Å². The quantitative estimate of drug-likeness (QED) is 0.418. The van der Waals surface area contributed by atoms with Gasteiger partial charge in [-0.2, -0.15) is 0 Å². The molecule has 0 amide bonds. The summed E-state index contributed by atoms with van der Waals surface area (Å²) in [7, 11) is 6.14. The van der Waals surface area contributed by atoms with Gasteiger partial charge in [-0.25, -0.2) is 0 Å². The van der Waals surface area contributed by atoms with Crippen molar-refractivity contribution in [3.05, 3.63) is 0 Å². The summed E-state index contributed by atoms with van der Waals surface area (Å²) in [6, 6.07) is 0. The first-order chi connectivity index (χ1) is 10.4. The molecular weight excluding hydrogens is 286 g/mol. The Morgan fingerprint density at radius 3 is 1.41 bits per heavy atom. The van der Waals surface area contributed by atoms with Crippen LogP contribution in [0.15, 0.2) is 0 Å². The monoisotopic (exact) mass is 321 g/mol. The number of aliphatic hydroxyl groups is 2. The highest BCUT2D eigenvalue weighted by molar-refractivity contribution is 4.62. The van der Waals surface area contributed by atoms with Gasteiger partial charge in [-0.3, -0.25) is 9.80 Å². The number of hydrogen-bond acceptors (Lipinski definition) is 7. The van der Waals surface area contributed by atoms with Crippen molar-refractivity contribution < 1.29 is 19.7 Å². The van der Waals surface area contributed by atoms with E-state index < -0.39 is 0 Å². The summed E-state index contributed by atoms with van der Waals surface area (Å²) in [6.45, 7) is 8.55. The molecule has 0 fully saturated rings. The summed E-state index contributed by atoms with van der Waals surface area (Å²) in [5, 5.41) is 17.5. The Kier molecular flexibility index (Phi) is 13.0. The zero-order valence-electron chi connectivity index (χ0n) is 14.9. The Bertz CT molecular complexity index is 235. The fourth-order valence-corrected chi connectivity index (χ4v) is 1.83. The van der Waals surface area contributed by atoms with E-state index in [1.165, 1.54) is 0 Å². The Morgan fingerprint density at radius 2 is 1.09 bits per heavy atom. The predicted molar refractivity (Wildman–Crippen MR) is 87.8 cm³/mol. The number of ether oxygens (including phenoxy) is 2. The fraction of sp³-hybridized carbons (Fsp3) is 1.00. The van der Waals surface area contributed by atoms with Gasteiger partial charge in [0, 0.05) is 26.2 Å². The van der Waals surface area contributed by atoms with Gasteiger partial charge in [0.2, 0.25) is 0 Å². The first kappa shape index (κ1) is 21.7. The number of hydrogen-bond donors (Lipinski definition) is 2. The minimum absolute atomic E-state index is 0.00938. The summed E-state index contributed by atoms with van der Waals surface area (Å²) in [4.78, 5) is 6.52. The van der Waals surface area contributed by atoms with Crippen LogP contribution in [0.4, 0.5) is 0 Å². The van der Waals surface area contributed by atoms with Crippen LogP contribution in [0.2, 0.25) is 0 Å². The van der Waals surface area contributed by atoms with Crippen molar-refractivity contribution in [2.24, 2.45) is 0 Å². The van der Waals surface area contributed by atoms with E-state index in [4.69, 9.17) is 19.7 Å². The smallest absolute Gasteiger partial charge is 0.107 e. The molecule has 0 heterocycles. The molecule has 0 aliphatic heterocycles.